The van der Waals surface area contributed by atoms with Crippen molar-refractivity contribution in [2.45, 2.75) is 33.2 Å². The summed E-state index contributed by atoms with van der Waals surface area (Å²) >= 11 is 0. The van der Waals surface area contributed by atoms with Gasteiger partial charge in [-0.3, -0.25) is 20.2 Å². The largest absolute Gasteiger partial charge is 0.377 e. The van der Waals surface area contributed by atoms with Crippen molar-refractivity contribution in [3.63, 3.8) is 0 Å². The van der Waals surface area contributed by atoms with Crippen LogP contribution in [0.2, 0.25) is 0 Å². The van der Waals surface area contributed by atoms with E-state index in [2.05, 4.69) is 5.32 Å². The predicted octanol–water partition coefficient (Wildman–Crippen LogP) is 3.02. The quantitative estimate of drug-likeness (QED) is 0.642. The van der Waals surface area contributed by atoms with Gasteiger partial charge in [0, 0.05) is 12.1 Å². The Bertz CT molecular complexity index is 487. The summed E-state index contributed by atoms with van der Waals surface area (Å²) in [5, 5.41) is 24.7. The van der Waals surface area contributed by atoms with Crippen LogP contribution in [0.5, 0.6) is 0 Å². The number of benzene rings is 1. The van der Waals surface area contributed by atoms with E-state index in [4.69, 9.17) is 0 Å². The zero-order chi connectivity index (χ0) is 13.9. The Morgan fingerprint density at radius 2 is 1.89 bits per heavy atom. The smallest absolute Gasteiger partial charge is 0.299 e. The molecule has 1 aromatic carbocycles. The highest BCUT2D eigenvalue weighted by Gasteiger charge is 2.22. The predicted molar refractivity (Wildman–Crippen MR) is 67.9 cm³/mol. The highest BCUT2D eigenvalue weighted by atomic mass is 16.6. The average molecular weight is 253 g/mol. The van der Waals surface area contributed by atoms with E-state index >= 15 is 0 Å². The molecule has 0 aliphatic heterocycles. The lowest BCUT2D eigenvalue weighted by Gasteiger charge is -2.15. The van der Waals surface area contributed by atoms with Crippen LogP contribution in [0.3, 0.4) is 0 Å². The highest BCUT2D eigenvalue weighted by molar-refractivity contribution is 5.70. The number of hydrogen-bond acceptors (Lipinski definition) is 5. The summed E-state index contributed by atoms with van der Waals surface area (Å²) in [7, 11) is 0. The minimum Gasteiger partial charge on any atom is -0.377 e. The lowest BCUT2D eigenvalue weighted by molar-refractivity contribution is -0.393. The summed E-state index contributed by atoms with van der Waals surface area (Å²) in [6.45, 7) is 5.46. The molecule has 1 rings (SSSR count). The minimum atomic E-state index is -0.632. The van der Waals surface area contributed by atoms with Crippen molar-refractivity contribution >= 4 is 17.1 Å². The fourth-order valence-corrected chi connectivity index (χ4v) is 1.54. The Labute approximate surface area is 104 Å². The fraction of sp³-hybridized carbons (Fsp3) is 0.455. The van der Waals surface area contributed by atoms with E-state index < -0.39 is 9.85 Å². The molecule has 0 saturated heterocycles. The molecule has 0 heterocycles. The van der Waals surface area contributed by atoms with Gasteiger partial charge in [-0.25, -0.2) is 0 Å². The molecule has 98 valence electrons. The Hall–Kier alpha value is -2.18. The molecule has 7 nitrogen and oxygen atoms in total. The molecule has 0 unspecified atom stereocenters. The first-order valence-electron chi connectivity index (χ1n) is 5.56. The summed E-state index contributed by atoms with van der Waals surface area (Å²) in [6, 6.07) is 2.37. The van der Waals surface area contributed by atoms with Crippen LogP contribution in [0.1, 0.15) is 25.8 Å². The van der Waals surface area contributed by atoms with Gasteiger partial charge in [0.25, 0.3) is 11.4 Å². The second kappa shape index (κ2) is 5.44. The van der Waals surface area contributed by atoms with Gasteiger partial charge in [-0.05, 0) is 25.8 Å². The van der Waals surface area contributed by atoms with Gasteiger partial charge in [-0.15, -0.1) is 0 Å². The van der Waals surface area contributed by atoms with Crippen LogP contribution < -0.4 is 5.32 Å². The van der Waals surface area contributed by atoms with E-state index in [-0.39, 0.29) is 17.4 Å². The molecule has 7 heteroatoms. The van der Waals surface area contributed by atoms with E-state index in [9.17, 15) is 20.2 Å². The molecular weight excluding hydrogens is 238 g/mol. The molecule has 0 bridgehead atoms. The van der Waals surface area contributed by atoms with Crippen LogP contribution in [-0.4, -0.2) is 15.9 Å². The molecule has 0 fully saturated rings. The van der Waals surface area contributed by atoms with Crippen LogP contribution in [0.4, 0.5) is 17.1 Å². The molecule has 18 heavy (non-hydrogen) atoms. The maximum atomic E-state index is 11.0. The normalized spacial score (nSPS) is 11.9. The number of non-ortho nitro benzene ring substituents is 1. The molecule has 0 amide bonds. The van der Waals surface area contributed by atoms with Gasteiger partial charge in [0.2, 0.25) is 0 Å². The Morgan fingerprint density at radius 1 is 1.28 bits per heavy atom. The van der Waals surface area contributed by atoms with Crippen molar-refractivity contribution in [2.24, 2.45) is 0 Å². The third-order valence-electron chi connectivity index (χ3n) is 2.71. The zero-order valence-corrected chi connectivity index (χ0v) is 10.5. The number of aryl methyl sites for hydroxylation is 1. The molecule has 1 N–H and O–H groups in total. The molecule has 0 radical (unpaired) electrons. The van der Waals surface area contributed by atoms with Gasteiger partial charge >= 0.3 is 0 Å². The number of nitrogens with zero attached hydrogens (tertiary/aromatic N) is 2. The Balaban J connectivity index is 3.31. The van der Waals surface area contributed by atoms with E-state index in [1.54, 1.807) is 6.92 Å². The minimum absolute atomic E-state index is 0.0591. The summed E-state index contributed by atoms with van der Waals surface area (Å²) in [5.41, 5.74) is 0.312. The van der Waals surface area contributed by atoms with Crippen LogP contribution >= 0.6 is 0 Å². The van der Waals surface area contributed by atoms with E-state index in [1.165, 1.54) is 6.07 Å². The molecule has 0 aliphatic carbocycles. The lowest BCUT2D eigenvalue weighted by Crippen LogP contribution is -2.15. The zero-order valence-electron chi connectivity index (χ0n) is 10.5. The SMILES string of the molecule is CC[C@H](C)Nc1c(C)cc([N+](=O)[O-])cc1[N+](=O)[O-]. The van der Waals surface area contributed by atoms with E-state index in [1.807, 2.05) is 13.8 Å². The van der Waals surface area contributed by atoms with Crippen molar-refractivity contribution < 1.29 is 9.85 Å². The first-order chi connectivity index (χ1) is 8.36. The molecule has 1 atom stereocenters. The number of nitrogens with one attached hydrogen (secondary N) is 1. The maximum Gasteiger partial charge on any atom is 0.299 e. The van der Waals surface area contributed by atoms with Crippen molar-refractivity contribution in [1.82, 2.24) is 0 Å². The van der Waals surface area contributed by atoms with Crippen LogP contribution in [0.25, 0.3) is 0 Å². The summed E-state index contributed by atoms with van der Waals surface area (Å²) in [6.07, 6.45) is 0.799. The molecule has 1 aromatic rings. The number of nitro groups is 2. The van der Waals surface area contributed by atoms with Crippen LogP contribution in [0.15, 0.2) is 12.1 Å². The van der Waals surface area contributed by atoms with Crippen LogP contribution in [0, 0.1) is 27.2 Å². The first kappa shape index (κ1) is 13.9. The van der Waals surface area contributed by atoms with Crippen molar-refractivity contribution in [3.8, 4) is 0 Å². The standard InChI is InChI=1S/C11H15N3O4/c1-4-8(3)12-11-7(2)5-9(13(15)16)6-10(11)14(17)18/h5-6,8,12H,4H2,1-3H3/t8-/m0/s1. The fourth-order valence-electron chi connectivity index (χ4n) is 1.54. The molecule has 0 spiro atoms. The summed E-state index contributed by atoms with van der Waals surface area (Å²) in [4.78, 5) is 20.4. The average Bonchev–Trinajstić information content (AvgIpc) is 2.30. The van der Waals surface area contributed by atoms with Crippen molar-refractivity contribution in [2.75, 3.05) is 5.32 Å². The molecule has 0 aromatic heterocycles. The number of rotatable bonds is 5. The van der Waals surface area contributed by atoms with Gasteiger partial charge in [0.1, 0.15) is 5.69 Å². The Kier molecular flexibility index (Phi) is 4.19. The summed E-state index contributed by atoms with van der Waals surface area (Å²) in [5.74, 6) is 0. The number of hydrogen-bond donors (Lipinski definition) is 1. The lowest BCUT2D eigenvalue weighted by atomic mass is 10.1. The monoisotopic (exact) mass is 253 g/mol. The van der Waals surface area contributed by atoms with Gasteiger partial charge in [-0.1, -0.05) is 6.92 Å². The number of anilines is 1. The van der Waals surface area contributed by atoms with E-state index in [0.29, 0.717) is 11.3 Å². The highest BCUT2D eigenvalue weighted by Crippen LogP contribution is 2.33. The third-order valence-corrected chi connectivity index (χ3v) is 2.71. The first-order valence-corrected chi connectivity index (χ1v) is 5.56. The summed E-state index contributed by atoms with van der Waals surface area (Å²) < 4.78 is 0. The molecule has 0 aliphatic rings. The molecular formula is C11H15N3O4. The van der Waals surface area contributed by atoms with Gasteiger partial charge in [-0.2, -0.15) is 0 Å². The maximum absolute atomic E-state index is 11.0. The molecule has 0 saturated carbocycles. The second-order valence-corrected chi connectivity index (χ2v) is 4.12. The third kappa shape index (κ3) is 2.93. The van der Waals surface area contributed by atoms with Crippen molar-refractivity contribution in [3.05, 3.63) is 37.9 Å². The van der Waals surface area contributed by atoms with E-state index in [0.717, 1.165) is 12.5 Å². The van der Waals surface area contributed by atoms with Gasteiger partial charge in [0.15, 0.2) is 0 Å². The van der Waals surface area contributed by atoms with Crippen LogP contribution in [-0.2, 0) is 0 Å². The second-order valence-electron chi connectivity index (χ2n) is 4.12. The number of nitro benzene ring substituents is 2. The van der Waals surface area contributed by atoms with Gasteiger partial charge < -0.3 is 5.32 Å². The van der Waals surface area contributed by atoms with Crippen molar-refractivity contribution in [1.29, 1.82) is 0 Å². The Morgan fingerprint density at radius 3 is 2.33 bits per heavy atom. The topological polar surface area (TPSA) is 98.3 Å². The van der Waals surface area contributed by atoms with Gasteiger partial charge in [0.05, 0.1) is 15.9 Å².